The standard InChI is InChI=1S/C20H24INOS/c1-5-6-18(22-15-8-10-16(23-21)11-9-15)14-7-12-19(24)17(13-14)20(2,3)4/h6-13,22,24H,5H2,1-4H3/b18-6+. The first kappa shape index (κ1) is 19.2. The van der Waals surface area contributed by atoms with Gasteiger partial charge in [-0.05, 0) is 59.4 Å². The minimum Gasteiger partial charge on any atom is -0.428 e. The van der Waals surface area contributed by atoms with Crippen molar-refractivity contribution in [1.29, 1.82) is 0 Å². The van der Waals surface area contributed by atoms with E-state index in [1.54, 1.807) is 0 Å². The molecule has 0 unspecified atom stereocenters. The molecule has 0 saturated heterocycles. The van der Waals surface area contributed by atoms with E-state index in [0.717, 1.165) is 28.5 Å². The van der Waals surface area contributed by atoms with Crippen LogP contribution in [0.4, 0.5) is 5.69 Å². The number of thiol groups is 1. The van der Waals surface area contributed by atoms with Gasteiger partial charge in [0, 0.05) is 16.3 Å². The molecule has 1 N–H and O–H groups in total. The second kappa shape index (κ2) is 8.30. The number of anilines is 1. The zero-order valence-corrected chi connectivity index (χ0v) is 17.6. The van der Waals surface area contributed by atoms with E-state index < -0.39 is 0 Å². The third-order valence-electron chi connectivity index (χ3n) is 3.75. The summed E-state index contributed by atoms with van der Waals surface area (Å²) in [5.74, 6) is 0.844. The number of hydrogen-bond acceptors (Lipinski definition) is 3. The number of nitrogens with one attached hydrogen (secondary N) is 1. The Bertz CT molecular complexity index is 717. The maximum Gasteiger partial charge on any atom is 0.192 e. The zero-order valence-electron chi connectivity index (χ0n) is 14.6. The molecule has 0 amide bonds. The Morgan fingerprint density at radius 1 is 1.17 bits per heavy atom. The molecule has 0 aliphatic heterocycles. The lowest BCUT2D eigenvalue weighted by atomic mass is 9.85. The Morgan fingerprint density at radius 2 is 1.83 bits per heavy atom. The van der Waals surface area contributed by atoms with Gasteiger partial charge in [-0.15, -0.1) is 12.6 Å². The second-order valence-electron chi connectivity index (χ2n) is 6.73. The van der Waals surface area contributed by atoms with Crippen molar-refractivity contribution in [3.05, 3.63) is 59.7 Å². The van der Waals surface area contributed by atoms with Crippen molar-refractivity contribution < 1.29 is 3.07 Å². The quantitative estimate of drug-likeness (QED) is 0.381. The van der Waals surface area contributed by atoms with E-state index in [-0.39, 0.29) is 5.41 Å². The summed E-state index contributed by atoms with van der Waals surface area (Å²) in [7, 11) is 0. The number of hydrogen-bond donors (Lipinski definition) is 2. The van der Waals surface area contributed by atoms with Crippen molar-refractivity contribution in [2.24, 2.45) is 0 Å². The molecule has 0 aliphatic rings. The highest BCUT2D eigenvalue weighted by Gasteiger charge is 2.18. The van der Waals surface area contributed by atoms with Crippen LogP contribution in [0.5, 0.6) is 5.75 Å². The van der Waals surface area contributed by atoms with Crippen molar-refractivity contribution >= 4 is 47.0 Å². The summed E-state index contributed by atoms with van der Waals surface area (Å²) < 4.78 is 5.19. The van der Waals surface area contributed by atoms with Gasteiger partial charge >= 0.3 is 0 Å². The van der Waals surface area contributed by atoms with Crippen LogP contribution in [-0.2, 0) is 5.41 Å². The predicted octanol–water partition coefficient (Wildman–Crippen LogP) is 6.86. The van der Waals surface area contributed by atoms with Gasteiger partial charge in [0.25, 0.3) is 0 Å². The summed E-state index contributed by atoms with van der Waals surface area (Å²) in [5.41, 5.74) is 4.64. The first-order valence-corrected chi connectivity index (χ1v) is 9.37. The van der Waals surface area contributed by atoms with Crippen LogP contribution >= 0.6 is 35.6 Å². The van der Waals surface area contributed by atoms with Gasteiger partial charge < -0.3 is 8.38 Å². The van der Waals surface area contributed by atoms with E-state index in [0.29, 0.717) is 0 Å². The molecular weight excluding hydrogens is 429 g/mol. The lowest BCUT2D eigenvalue weighted by Crippen LogP contribution is -2.13. The van der Waals surface area contributed by atoms with Gasteiger partial charge in [0.05, 0.1) is 0 Å². The highest BCUT2D eigenvalue weighted by molar-refractivity contribution is 14.1. The maximum absolute atomic E-state index is 5.19. The van der Waals surface area contributed by atoms with Gasteiger partial charge in [-0.25, -0.2) is 0 Å². The minimum atomic E-state index is 0.0592. The van der Waals surface area contributed by atoms with Crippen LogP contribution in [0.1, 0.15) is 45.2 Å². The van der Waals surface area contributed by atoms with Gasteiger partial charge in [-0.2, -0.15) is 0 Å². The summed E-state index contributed by atoms with van der Waals surface area (Å²) in [6, 6.07) is 14.4. The summed E-state index contributed by atoms with van der Waals surface area (Å²) >= 11 is 6.51. The van der Waals surface area contributed by atoms with Crippen molar-refractivity contribution in [3.63, 3.8) is 0 Å². The molecule has 0 aromatic heterocycles. The Morgan fingerprint density at radius 3 is 2.38 bits per heavy atom. The van der Waals surface area contributed by atoms with Gasteiger partial charge in [-0.3, -0.25) is 0 Å². The van der Waals surface area contributed by atoms with Gasteiger partial charge in [0.15, 0.2) is 23.0 Å². The molecule has 0 spiro atoms. The Kier molecular flexibility index (Phi) is 6.63. The first-order valence-electron chi connectivity index (χ1n) is 8.05. The lowest BCUT2D eigenvalue weighted by molar-refractivity contribution is 0.578. The van der Waals surface area contributed by atoms with Crippen LogP contribution in [0.25, 0.3) is 5.70 Å². The summed E-state index contributed by atoms with van der Waals surface area (Å²) in [6.45, 7) is 8.79. The fraction of sp³-hybridized carbons (Fsp3) is 0.300. The van der Waals surface area contributed by atoms with Crippen molar-refractivity contribution in [3.8, 4) is 5.75 Å². The first-order chi connectivity index (χ1) is 11.3. The van der Waals surface area contributed by atoms with E-state index in [1.165, 1.54) is 11.1 Å². The van der Waals surface area contributed by atoms with Crippen molar-refractivity contribution in [2.45, 2.75) is 44.4 Å². The summed E-state index contributed by atoms with van der Waals surface area (Å²) in [5, 5.41) is 3.52. The smallest absolute Gasteiger partial charge is 0.192 e. The molecule has 2 aromatic carbocycles. The molecule has 4 heteroatoms. The van der Waals surface area contributed by atoms with Crippen molar-refractivity contribution in [2.75, 3.05) is 5.32 Å². The monoisotopic (exact) mass is 453 g/mol. The molecule has 2 nitrogen and oxygen atoms in total. The Balaban J connectivity index is 2.35. The highest BCUT2D eigenvalue weighted by atomic mass is 127. The number of rotatable bonds is 5. The molecule has 0 heterocycles. The average molecular weight is 453 g/mol. The SMILES string of the molecule is CC/C=C(/Nc1ccc(OI)cc1)c1ccc(S)c(C(C)(C)C)c1. The van der Waals surface area contributed by atoms with E-state index in [2.05, 4.69) is 69.9 Å². The predicted molar refractivity (Wildman–Crippen MR) is 115 cm³/mol. The molecular formula is C20H24INOS. The third kappa shape index (κ3) is 4.93. The minimum absolute atomic E-state index is 0.0592. The van der Waals surface area contributed by atoms with E-state index in [1.807, 2.05) is 47.3 Å². The molecule has 2 aromatic rings. The van der Waals surface area contributed by atoms with Crippen molar-refractivity contribution in [1.82, 2.24) is 0 Å². The molecule has 0 saturated carbocycles. The molecule has 24 heavy (non-hydrogen) atoms. The number of benzene rings is 2. The Hall–Kier alpha value is -1.14. The highest BCUT2D eigenvalue weighted by Crippen LogP contribution is 2.31. The molecule has 0 fully saturated rings. The molecule has 2 rings (SSSR count). The van der Waals surface area contributed by atoms with Gasteiger partial charge in [0.2, 0.25) is 0 Å². The molecule has 0 bridgehead atoms. The average Bonchev–Trinajstić information content (AvgIpc) is 2.54. The largest absolute Gasteiger partial charge is 0.428 e. The molecule has 0 aliphatic carbocycles. The van der Waals surface area contributed by atoms with Crippen LogP contribution in [0.3, 0.4) is 0 Å². The normalized spacial score (nSPS) is 12.2. The van der Waals surface area contributed by atoms with Crippen LogP contribution in [-0.4, -0.2) is 0 Å². The molecule has 128 valence electrons. The zero-order chi connectivity index (χ0) is 17.7. The van der Waals surface area contributed by atoms with Crippen LogP contribution in [0, 0.1) is 0 Å². The number of halogens is 1. The summed E-state index contributed by atoms with van der Waals surface area (Å²) in [4.78, 5) is 1.03. The van der Waals surface area contributed by atoms with Gasteiger partial charge in [0.1, 0.15) is 5.75 Å². The second-order valence-corrected chi connectivity index (χ2v) is 7.66. The van der Waals surface area contributed by atoms with E-state index in [9.17, 15) is 0 Å². The van der Waals surface area contributed by atoms with Crippen LogP contribution in [0.2, 0.25) is 0 Å². The van der Waals surface area contributed by atoms with Gasteiger partial charge in [-0.1, -0.05) is 39.8 Å². The lowest BCUT2D eigenvalue weighted by Gasteiger charge is -2.23. The molecule has 0 atom stereocenters. The fourth-order valence-corrected chi connectivity index (χ4v) is 3.26. The fourth-order valence-electron chi connectivity index (χ4n) is 2.49. The third-order valence-corrected chi connectivity index (χ3v) is 4.64. The van der Waals surface area contributed by atoms with Crippen LogP contribution in [0.15, 0.2) is 53.4 Å². The maximum atomic E-state index is 5.19. The van der Waals surface area contributed by atoms with Crippen LogP contribution < -0.4 is 8.38 Å². The summed E-state index contributed by atoms with van der Waals surface area (Å²) in [6.07, 6.45) is 3.17. The van der Waals surface area contributed by atoms with E-state index in [4.69, 9.17) is 3.07 Å². The topological polar surface area (TPSA) is 21.3 Å². The Labute approximate surface area is 164 Å². The van der Waals surface area contributed by atoms with E-state index >= 15 is 0 Å². The molecule has 0 radical (unpaired) electrons. The number of allylic oxidation sites excluding steroid dienone is 1.